The van der Waals surface area contributed by atoms with Gasteiger partial charge in [-0.15, -0.1) is 12.4 Å². The van der Waals surface area contributed by atoms with Gasteiger partial charge in [-0.1, -0.05) is 41.5 Å². The Morgan fingerprint density at radius 3 is 1.40 bits per heavy atom. The van der Waals surface area contributed by atoms with Crippen molar-refractivity contribution in [3.63, 3.8) is 0 Å². The van der Waals surface area contributed by atoms with Gasteiger partial charge in [-0.2, -0.15) is 0 Å². The molecule has 3 heterocycles. The number of hydrogen-bond donors (Lipinski definition) is 3. The molecule has 0 bridgehead atoms. The molecule has 10 nitrogen and oxygen atoms in total. The number of aromatic nitrogens is 5. The third-order valence-corrected chi connectivity index (χ3v) is 20.6. The van der Waals surface area contributed by atoms with Crippen molar-refractivity contribution in [3.05, 3.63) is 59.7 Å². The Balaban J connectivity index is 0.000000353. The number of nitrogens with zero attached hydrogens (tertiary/aromatic N) is 5. The van der Waals surface area contributed by atoms with E-state index in [9.17, 15) is 8.78 Å². The summed E-state index contributed by atoms with van der Waals surface area (Å²) in [5, 5.41) is 6.70. The predicted octanol–water partition coefficient (Wildman–Crippen LogP) is 9.69. The maximum atomic E-state index is 15.0. The normalized spacial score (nSPS) is 23.8. The van der Waals surface area contributed by atoms with Crippen LogP contribution in [0.3, 0.4) is 0 Å². The molecule has 3 aromatic heterocycles. The quantitative estimate of drug-likeness (QED) is 0.157. The molecule has 0 amide bonds. The van der Waals surface area contributed by atoms with Crippen LogP contribution in [0.1, 0.15) is 115 Å². The number of aryl methyl sites for hydroxylation is 2. The second-order valence-corrected chi connectivity index (χ2v) is 27.0. The van der Waals surface area contributed by atoms with Gasteiger partial charge >= 0.3 is 0 Å². The lowest BCUT2D eigenvalue weighted by molar-refractivity contribution is 0.0448. The number of anilines is 1. The molecule has 2 aliphatic carbocycles. The lowest BCUT2D eigenvalue weighted by atomic mass is 9.84. The molecule has 0 aromatic carbocycles. The standard InChI is InChI=1S/C22H34FN3OSi.C16H28FN3OSi.ClH.H3NO/c1-15-8-9-16(2)26(15)21-14-24-19(13-25-21)17-10-11-20(18(23)12-17)27-28(6,7)22(3,4)5;1-16(2,3)22(4,5)21-14-7-6-11(8-12(14)17)13-9-20-15(18)10-19-13;;1-2/h8-9,13-14,17-18,20H,10-12H2,1-7H3;9-12,14H,6-8H2,1-5H3,(H2,18,20);1H;2H,1H2/t17?,18-,20-;11?,12-,14-;;/m00../s1. The van der Waals surface area contributed by atoms with Gasteiger partial charge in [-0.25, -0.2) is 24.6 Å². The van der Waals surface area contributed by atoms with E-state index in [0.717, 1.165) is 54.3 Å². The zero-order valence-corrected chi connectivity index (χ0v) is 36.8. The smallest absolute Gasteiger partial charge is 0.192 e. The highest BCUT2D eigenvalue weighted by atomic mass is 35.5. The van der Waals surface area contributed by atoms with Crippen LogP contribution in [-0.2, 0) is 8.85 Å². The summed E-state index contributed by atoms with van der Waals surface area (Å²) < 4.78 is 44.3. The minimum absolute atomic E-state index is 0. The Morgan fingerprint density at radius 1 is 0.679 bits per heavy atom. The summed E-state index contributed by atoms with van der Waals surface area (Å²) in [4.78, 5) is 17.6. The van der Waals surface area contributed by atoms with Crippen molar-refractivity contribution in [2.75, 3.05) is 5.73 Å². The molecule has 0 aliphatic heterocycles. The molecule has 300 valence electrons. The van der Waals surface area contributed by atoms with Crippen LogP contribution in [0, 0.1) is 13.8 Å². The van der Waals surface area contributed by atoms with Crippen molar-refractivity contribution in [1.82, 2.24) is 24.5 Å². The minimum Gasteiger partial charge on any atom is -0.411 e. The van der Waals surface area contributed by atoms with Gasteiger partial charge in [-0.3, -0.25) is 9.97 Å². The van der Waals surface area contributed by atoms with Crippen molar-refractivity contribution in [3.8, 4) is 5.82 Å². The summed E-state index contributed by atoms with van der Waals surface area (Å²) in [7, 11) is -3.88. The molecule has 2 unspecified atom stereocenters. The number of rotatable bonds is 7. The van der Waals surface area contributed by atoms with Crippen molar-refractivity contribution in [2.45, 2.75) is 167 Å². The van der Waals surface area contributed by atoms with E-state index in [1.807, 2.05) is 6.20 Å². The molecule has 2 saturated carbocycles. The van der Waals surface area contributed by atoms with Crippen molar-refractivity contribution in [2.24, 2.45) is 5.90 Å². The van der Waals surface area contributed by atoms with Crippen LogP contribution in [-0.4, -0.2) is 70.9 Å². The lowest BCUT2D eigenvalue weighted by Crippen LogP contribution is -2.47. The van der Waals surface area contributed by atoms with E-state index in [4.69, 9.17) is 19.8 Å². The number of halogens is 3. The Hall–Kier alpha value is -2.34. The molecule has 3 aromatic rings. The Kier molecular flexibility index (Phi) is 16.8. The third-order valence-electron chi connectivity index (χ3n) is 11.6. The Bertz CT molecular complexity index is 1530. The zero-order chi connectivity index (χ0) is 39.2. The number of hydrogen-bond acceptors (Lipinski definition) is 9. The fourth-order valence-electron chi connectivity index (χ4n) is 6.33. The highest BCUT2D eigenvalue weighted by Crippen LogP contribution is 2.43. The van der Waals surface area contributed by atoms with E-state index < -0.39 is 29.0 Å². The van der Waals surface area contributed by atoms with E-state index in [1.54, 1.807) is 18.6 Å². The number of nitrogen functional groups attached to an aromatic ring is 1. The summed E-state index contributed by atoms with van der Waals surface area (Å²) in [5.41, 5.74) is 9.54. The van der Waals surface area contributed by atoms with Crippen LogP contribution in [0.2, 0.25) is 36.3 Å². The van der Waals surface area contributed by atoms with Gasteiger partial charge in [0, 0.05) is 23.2 Å². The van der Waals surface area contributed by atoms with E-state index >= 15 is 0 Å². The maximum Gasteiger partial charge on any atom is 0.192 e. The number of alkyl halides is 2. The predicted molar refractivity (Wildman–Crippen MR) is 218 cm³/mol. The second kappa shape index (κ2) is 19.0. The first kappa shape index (κ1) is 46.8. The molecule has 5 rings (SSSR count). The summed E-state index contributed by atoms with van der Waals surface area (Å²) in [5.74, 6) is 4.94. The largest absolute Gasteiger partial charge is 0.411 e. The van der Waals surface area contributed by atoms with Crippen molar-refractivity contribution >= 4 is 34.9 Å². The second-order valence-electron chi connectivity index (χ2n) is 17.5. The summed E-state index contributed by atoms with van der Waals surface area (Å²) in [6.45, 7) is 26.0. The highest BCUT2D eigenvalue weighted by Gasteiger charge is 2.44. The molecule has 53 heavy (non-hydrogen) atoms. The van der Waals surface area contributed by atoms with Crippen LogP contribution in [0.5, 0.6) is 0 Å². The fraction of sp³-hybridized carbons (Fsp3) is 0.684. The van der Waals surface area contributed by atoms with Crippen molar-refractivity contribution in [1.29, 1.82) is 0 Å². The third kappa shape index (κ3) is 12.1. The van der Waals surface area contributed by atoms with Gasteiger partial charge in [0.25, 0.3) is 0 Å². The van der Waals surface area contributed by atoms with Gasteiger partial charge in [0.15, 0.2) is 22.5 Å². The SMILES string of the molecule is CC(C)(C)[Si](C)(C)O[C@H]1CCC(c2cnc(N)cn2)C[C@@H]1F.Cc1ccc(C)n1-c1cnc(C2CC[C@H](O[Si](C)(C)C(C)(C)C)[C@@H](F)C2)cn1.Cl.NO. The van der Waals surface area contributed by atoms with Gasteiger partial charge in [0.1, 0.15) is 18.2 Å². The van der Waals surface area contributed by atoms with Gasteiger partial charge in [0.2, 0.25) is 0 Å². The fourth-order valence-corrected chi connectivity index (χ4v) is 9.09. The molecule has 0 saturated heterocycles. The van der Waals surface area contributed by atoms with Gasteiger partial charge in [0.05, 0.1) is 48.4 Å². The summed E-state index contributed by atoms with van der Waals surface area (Å²) in [6, 6.07) is 4.14. The first-order valence-electron chi connectivity index (χ1n) is 18.5. The van der Waals surface area contributed by atoms with E-state index in [1.165, 1.54) is 0 Å². The van der Waals surface area contributed by atoms with Crippen molar-refractivity contribution < 1.29 is 22.8 Å². The molecular weight excluding hydrogens is 732 g/mol. The molecule has 5 N–H and O–H groups in total. The zero-order valence-electron chi connectivity index (χ0n) is 34.0. The monoisotopic (exact) mass is 797 g/mol. The average molecular weight is 799 g/mol. The van der Waals surface area contributed by atoms with Crippen LogP contribution >= 0.6 is 12.4 Å². The summed E-state index contributed by atoms with van der Waals surface area (Å²) >= 11 is 0. The van der Waals surface area contributed by atoms with Crippen LogP contribution in [0.4, 0.5) is 14.6 Å². The maximum absolute atomic E-state index is 15.0. The highest BCUT2D eigenvalue weighted by molar-refractivity contribution is 6.74. The van der Waals surface area contributed by atoms with E-state index in [0.29, 0.717) is 18.7 Å². The van der Waals surface area contributed by atoms with Crippen LogP contribution in [0.15, 0.2) is 36.9 Å². The Labute approximate surface area is 324 Å². The van der Waals surface area contributed by atoms with E-state index in [-0.39, 0.29) is 46.5 Å². The first-order chi connectivity index (χ1) is 24.1. The average Bonchev–Trinajstić information content (AvgIpc) is 3.40. The number of nitrogens with two attached hydrogens (primary N) is 2. The molecule has 2 fully saturated rings. The first-order valence-corrected chi connectivity index (χ1v) is 24.4. The minimum atomic E-state index is -1.96. The molecule has 6 atom stereocenters. The molecule has 0 spiro atoms. The van der Waals surface area contributed by atoms with Crippen LogP contribution < -0.4 is 11.6 Å². The molecule has 2 aliphatic rings. The Morgan fingerprint density at radius 2 is 1.08 bits per heavy atom. The molecule has 0 radical (unpaired) electrons. The molecular formula is C38H66ClF2N7O3Si2. The van der Waals surface area contributed by atoms with Gasteiger partial charge in [-0.05, 0) is 101 Å². The van der Waals surface area contributed by atoms with Gasteiger partial charge < -0.3 is 24.4 Å². The van der Waals surface area contributed by atoms with Crippen LogP contribution in [0.25, 0.3) is 5.82 Å². The lowest BCUT2D eigenvalue weighted by Gasteiger charge is -2.42. The summed E-state index contributed by atoms with van der Waals surface area (Å²) in [6.07, 6.45) is 8.59. The van der Waals surface area contributed by atoms with E-state index in [2.05, 4.69) is 124 Å². The topological polar surface area (TPSA) is 147 Å². The molecule has 15 heteroatoms.